The molecule has 108 valence electrons. The van der Waals surface area contributed by atoms with Crippen molar-refractivity contribution in [3.8, 4) is 0 Å². The predicted molar refractivity (Wildman–Crippen MR) is 83.1 cm³/mol. The number of amides is 2. The van der Waals surface area contributed by atoms with Crippen molar-refractivity contribution in [2.24, 2.45) is 0 Å². The van der Waals surface area contributed by atoms with Crippen LogP contribution in [0.4, 0.5) is 0 Å². The molecule has 5 nitrogen and oxygen atoms in total. The van der Waals surface area contributed by atoms with E-state index in [1.807, 2.05) is 0 Å². The van der Waals surface area contributed by atoms with Gasteiger partial charge in [-0.25, -0.2) is 0 Å². The van der Waals surface area contributed by atoms with E-state index in [0.29, 0.717) is 5.76 Å². The van der Waals surface area contributed by atoms with Crippen molar-refractivity contribution in [2.45, 2.75) is 6.92 Å². The molecule has 0 aliphatic carbocycles. The molecule has 0 atom stereocenters. The Bertz CT molecular complexity index is 656. The van der Waals surface area contributed by atoms with Crippen LogP contribution in [0.2, 0.25) is 0 Å². The van der Waals surface area contributed by atoms with Crippen LogP contribution in [-0.2, 0) is 9.59 Å². The highest BCUT2D eigenvalue weighted by Gasteiger charge is 2.32. The molecule has 0 aromatic carbocycles. The summed E-state index contributed by atoms with van der Waals surface area (Å²) in [6.45, 7) is 5.59. The number of rotatable bonds is 4. The van der Waals surface area contributed by atoms with Crippen molar-refractivity contribution in [2.75, 3.05) is 6.54 Å². The molecule has 1 saturated heterocycles. The molecule has 1 fully saturated rings. The largest absolute Gasteiger partial charge is 0.465 e. The zero-order valence-corrected chi connectivity index (χ0v) is 12.3. The van der Waals surface area contributed by atoms with Crippen LogP contribution in [-0.4, -0.2) is 28.4 Å². The van der Waals surface area contributed by atoms with Gasteiger partial charge in [-0.1, -0.05) is 6.08 Å². The summed E-state index contributed by atoms with van der Waals surface area (Å²) in [5, 5.41) is 2.58. The van der Waals surface area contributed by atoms with E-state index in [2.05, 4.69) is 11.9 Å². The van der Waals surface area contributed by atoms with E-state index in [9.17, 15) is 9.59 Å². The van der Waals surface area contributed by atoms with Crippen LogP contribution in [0.25, 0.3) is 6.08 Å². The molecule has 21 heavy (non-hydrogen) atoms. The molecule has 0 spiro atoms. The van der Waals surface area contributed by atoms with E-state index in [-0.39, 0.29) is 17.2 Å². The maximum absolute atomic E-state index is 12.3. The average molecular weight is 302 g/mol. The Hall–Kier alpha value is -2.47. The lowest BCUT2D eigenvalue weighted by atomic mass is 10.1. The first-order valence-electron chi connectivity index (χ1n) is 6.24. The summed E-state index contributed by atoms with van der Waals surface area (Å²) in [4.78, 5) is 25.5. The second kappa shape index (κ2) is 6.32. The van der Waals surface area contributed by atoms with Crippen LogP contribution in [0.1, 0.15) is 12.7 Å². The van der Waals surface area contributed by atoms with Gasteiger partial charge in [0.2, 0.25) is 0 Å². The molecule has 1 N–H and O–H groups in total. The number of carbonyl (C=O) groups excluding carboxylic acids is 2. The summed E-state index contributed by atoms with van der Waals surface area (Å²) < 4.78 is 5.19. The van der Waals surface area contributed by atoms with E-state index in [0.717, 1.165) is 5.57 Å². The first-order chi connectivity index (χ1) is 10.0. The number of furan rings is 1. The molecule has 0 bridgehead atoms. The predicted octanol–water partition coefficient (Wildman–Crippen LogP) is 2.04. The van der Waals surface area contributed by atoms with E-state index in [4.69, 9.17) is 16.6 Å². The van der Waals surface area contributed by atoms with E-state index < -0.39 is 11.8 Å². The van der Waals surface area contributed by atoms with Gasteiger partial charge in [0.15, 0.2) is 5.11 Å². The van der Waals surface area contributed by atoms with Crippen LogP contribution in [0.3, 0.4) is 0 Å². The highest BCUT2D eigenvalue weighted by atomic mass is 32.1. The van der Waals surface area contributed by atoms with Crippen molar-refractivity contribution in [1.29, 1.82) is 0 Å². The van der Waals surface area contributed by atoms with Crippen LogP contribution < -0.4 is 5.32 Å². The van der Waals surface area contributed by atoms with Gasteiger partial charge in [-0.2, -0.15) is 0 Å². The smallest absolute Gasteiger partial charge is 0.265 e. The third-order valence-electron chi connectivity index (χ3n) is 2.78. The van der Waals surface area contributed by atoms with E-state index in [1.165, 1.54) is 11.0 Å². The second-order valence-electron chi connectivity index (χ2n) is 4.43. The molecule has 6 heteroatoms. The molecule has 2 heterocycles. The van der Waals surface area contributed by atoms with Crippen LogP contribution in [0.15, 0.2) is 52.7 Å². The van der Waals surface area contributed by atoms with Gasteiger partial charge in [-0.3, -0.25) is 19.8 Å². The van der Waals surface area contributed by atoms with Gasteiger partial charge < -0.3 is 4.42 Å². The van der Waals surface area contributed by atoms with Crippen LogP contribution in [0.5, 0.6) is 0 Å². The molecular formula is C15H14N2O3S. The molecular weight excluding hydrogens is 288 g/mol. The Balaban J connectivity index is 2.30. The molecule has 1 aromatic heterocycles. The van der Waals surface area contributed by atoms with Crippen LogP contribution >= 0.6 is 12.2 Å². The number of carbonyl (C=O) groups is 2. The summed E-state index contributed by atoms with van der Waals surface area (Å²) >= 11 is 4.98. The first kappa shape index (κ1) is 14.9. The lowest BCUT2D eigenvalue weighted by Crippen LogP contribution is -2.53. The molecule has 0 saturated carbocycles. The normalized spacial score (nSPS) is 18.1. The quantitative estimate of drug-likeness (QED) is 0.400. The molecule has 2 amide bonds. The van der Waals surface area contributed by atoms with Crippen molar-refractivity contribution in [3.05, 3.63) is 54.0 Å². The maximum Gasteiger partial charge on any atom is 0.265 e. The lowest BCUT2D eigenvalue weighted by Gasteiger charge is -2.27. The molecule has 2 rings (SSSR count). The van der Waals surface area contributed by atoms with Crippen molar-refractivity contribution >= 4 is 35.2 Å². The molecule has 1 aliphatic rings. The number of nitrogens with one attached hydrogen (secondary N) is 1. The Morgan fingerprint density at radius 2 is 2.29 bits per heavy atom. The van der Waals surface area contributed by atoms with Gasteiger partial charge in [-0.05, 0) is 49.0 Å². The van der Waals surface area contributed by atoms with Crippen molar-refractivity contribution < 1.29 is 14.0 Å². The Kier molecular flexibility index (Phi) is 4.49. The minimum Gasteiger partial charge on any atom is -0.465 e. The van der Waals surface area contributed by atoms with Gasteiger partial charge >= 0.3 is 0 Å². The highest BCUT2D eigenvalue weighted by molar-refractivity contribution is 7.80. The fraction of sp³-hybridized carbons (Fsp3) is 0.133. The van der Waals surface area contributed by atoms with E-state index in [1.54, 1.807) is 37.5 Å². The van der Waals surface area contributed by atoms with Crippen molar-refractivity contribution in [3.63, 3.8) is 0 Å². The number of hydrogen-bond acceptors (Lipinski definition) is 4. The second-order valence-corrected chi connectivity index (χ2v) is 4.81. The Morgan fingerprint density at radius 1 is 1.52 bits per heavy atom. The maximum atomic E-state index is 12.3. The fourth-order valence-corrected chi connectivity index (χ4v) is 2.11. The van der Waals surface area contributed by atoms with Gasteiger partial charge in [0, 0.05) is 6.54 Å². The minimum atomic E-state index is -0.502. The fourth-order valence-electron chi connectivity index (χ4n) is 1.86. The standard InChI is InChI=1S/C15H14N2O3S/c1-3-6-17-14(19)12(13(18)16-15(17)21)9-10(2)8-11-5-4-7-20-11/h3-5,7-9H,1,6H2,2H3,(H,16,18,21). The van der Waals surface area contributed by atoms with Crippen LogP contribution in [0, 0.1) is 0 Å². The highest BCUT2D eigenvalue weighted by Crippen LogP contribution is 2.15. The van der Waals surface area contributed by atoms with Gasteiger partial charge in [0.1, 0.15) is 11.3 Å². The van der Waals surface area contributed by atoms with Crippen molar-refractivity contribution in [1.82, 2.24) is 10.2 Å². The molecule has 0 radical (unpaired) electrons. The molecule has 1 aromatic rings. The Labute approximate surface area is 127 Å². The minimum absolute atomic E-state index is 0.0331. The summed E-state index contributed by atoms with van der Waals surface area (Å²) in [5.41, 5.74) is 0.751. The summed E-state index contributed by atoms with van der Waals surface area (Å²) in [6.07, 6.45) is 6.34. The van der Waals surface area contributed by atoms with Gasteiger partial charge in [-0.15, -0.1) is 6.58 Å². The molecule has 1 aliphatic heterocycles. The summed E-state index contributed by atoms with van der Waals surface area (Å²) in [6, 6.07) is 3.54. The first-order valence-corrected chi connectivity index (χ1v) is 6.65. The SMILES string of the molecule is C=CCN1C(=O)C(=CC(C)=Cc2ccco2)C(=O)NC1=S. The number of nitrogens with zero attached hydrogens (tertiary/aromatic N) is 1. The summed E-state index contributed by atoms with van der Waals surface area (Å²) in [5.74, 6) is -0.292. The van der Waals surface area contributed by atoms with E-state index >= 15 is 0 Å². The van der Waals surface area contributed by atoms with Gasteiger partial charge in [0.25, 0.3) is 11.8 Å². The third-order valence-corrected chi connectivity index (χ3v) is 3.11. The number of allylic oxidation sites excluding steroid dienone is 2. The zero-order valence-electron chi connectivity index (χ0n) is 11.5. The Morgan fingerprint density at radius 3 is 2.90 bits per heavy atom. The monoisotopic (exact) mass is 302 g/mol. The number of thiocarbonyl (C=S) groups is 1. The average Bonchev–Trinajstić information content (AvgIpc) is 2.92. The topological polar surface area (TPSA) is 62.6 Å². The molecule has 0 unspecified atom stereocenters. The number of hydrogen-bond donors (Lipinski definition) is 1. The van der Waals surface area contributed by atoms with Gasteiger partial charge in [0.05, 0.1) is 6.26 Å². The summed E-state index contributed by atoms with van der Waals surface area (Å²) in [7, 11) is 0. The third kappa shape index (κ3) is 3.35. The lowest BCUT2D eigenvalue weighted by molar-refractivity contribution is -0.128. The zero-order chi connectivity index (χ0) is 15.4.